The van der Waals surface area contributed by atoms with Crippen molar-refractivity contribution in [1.29, 1.82) is 0 Å². The SMILES string of the molecule is CC(C)(C)OC(=O)N1CCCC/C1=C/c1ccccc1. The number of likely N-dealkylation sites (tertiary alicyclic amines) is 1. The van der Waals surface area contributed by atoms with E-state index in [1.54, 1.807) is 4.90 Å². The first kappa shape index (κ1) is 14.6. The predicted molar refractivity (Wildman–Crippen MR) is 81.2 cm³/mol. The Hall–Kier alpha value is -1.77. The molecule has 0 saturated carbocycles. The van der Waals surface area contributed by atoms with Crippen LogP contribution in [0, 0.1) is 0 Å². The Kier molecular flexibility index (Phi) is 4.48. The lowest BCUT2D eigenvalue weighted by Gasteiger charge is -2.32. The van der Waals surface area contributed by atoms with Crippen LogP contribution in [0.15, 0.2) is 36.0 Å². The molecule has 0 N–H and O–H groups in total. The fourth-order valence-electron chi connectivity index (χ4n) is 2.27. The number of benzene rings is 1. The van der Waals surface area contributed by atoms with E-state index in [0.29, 0.717) is 0 Å². The first-order valence-corrected chi connectivity index (χ1v) is 7.22. The highest BCUT2D eigenvalue weighted by atomic mass is 16.6. The van der Waals surface area contributed by atoms with Gasteiger partial charge in [0.15, 0.2) is 0 Å². The maximum Gasteiger partial charge on any atom is 0.414 e. The molecule has 1 aromatic rings. The molecule has 1 amide bonds. The topological polar surface area (TPSA) is 29.5 Å². The number of allylic oxidation sites excluding steroid dienone is 1. The Labute approximate surface area is 121 Å². The molecule has 0 atom stereocenters. The van der Waals surface area contributed by atoms with Gasteiger partial charge in [0, 0.05) is 12.2 Å². The lowest BCUT2D eigenvalue weighted by atomic mass is 10.0. The Balaban J connectivity index is 2.17. The van der Waals surface area contributed by atoms with Crippen LogP contribution in [-0.4, -0.2) is 23.1 Å². The molecule has 0 spiro atoms. The number of hydrogen-bond donors (Lipinski definition) is 0. The number of rotatable bonds is 1. The molecular formula is C17H23NO2. The molecule has 108 valence electrons. The Bertz CT molecular complexity index is 485. The van der Waals surface area contributed by atoms with Crippen molar-refractivity contribution in [3.8, 4) is 0 Å². The number of piperidine rings is 1. The van der Waals surface area contributed by atoms with Crippen molar-refractivity contribution in [1.82, 2.24) is 4.90 Å². The fraction of sp³-hybridized carbons (Fsp3) is 0.471. The van der Waals surface area contributed by atoms with Gasteiger partial charge < -0.3 is 4.74 Å². The summed E-state index contributed by atoms with van der Waals surface area (Å²) in [6.45, 7) is 6.44. The first-order chi connectivity index (χ1) is 9.46. The molecule has 0 aromatic heterocycles. The van der Waals surface area contributed by atoms with E-state index in [2.05, 4.69) is 18.2 Å². The van der Waals surface area contributed by atoms with Crippen LogP contribution >= 0.6 is 0 Å². The molecular weight excluding hydrogens is 250 g/mol. The van der Waals surface area contributed by atoms with Gasteiger partial charge in [-0.3, -0.25) is 4.90 Å². The van der Waals surface area contributed by atoms with E-state index in [-0.39, 0.29) is 6.09 Å². The highest BCUT2D eigenvalue weighted by Gasteiger charge is 2.26. The van der Waals surface area contributed by atoms with Gasteiger partial charge in [-0.1, -0.05) is 30.3 Å². The van der Waals surface area contributed by atoms with Crippen molar-refractivity contribution in [2.75, 3.05) is 6.54 Å². The fourth-order valence-corrected chi connectivity index (χ4v) is 2.27. The largest absolute Gasteiger partial charge is 0.443 e. The monoisotopic (exact) mass is 273 g/mol. The zero-order chi connectivity index (χ0) is 14.6. The standard InChI is InChI=1S/C17H23NO2/c1-17(2,3)20-16(19)18-12-8-7-11-15(18)13-14-9-5-4-6-10-14/h4-6,9-10,13H,7-8,11-12H2,1-3H3/b15-13-. The Morgan fingerprint density at radius 3 is 2.55 bits per heavy atom. The van der Waals surface area contributed by atoms with E-state index in [1.165, 1.54) is 0 Å². The molecule has 1 saturated heterocycles. The van der Waals surface area contributed by atoms with Crippen LogP contribution in [0.3, 0.4) is 0 Å². The van der Waals surface area contributed by atoms with Crippen LogP contribution in [0.4, 0.5) is 4.79 Å². The second-order valence-electron chi connectivity index (χ2n) is 6.14. The molecule has 3 nitrogen and oxygen atoms in total. The number of amides is 1. The molecule has 1 aliphatic rings. The molecule has 0 bridgehead atoms. The van der Waals surface area contributed by atoms with Crippen molar-refractivity contribution in [2.24, 2.45) is 0 Å². The minimum absolute atomic E-state index is 0.237. The second-order valence-corrected chi connectivity index (χ2v) is 6.14. The van der Waals surface area contributed by atoms with E-state index in [4.69, 9.17) is 4.74 Å². The molecule has 0 aliphatic carbocycles. The second kappa shape index (κ2) is 6.12. The maximum atomic E-state index is 12.3. The summed E-state index contributed by atoms with van der Waals surface area (Å²) in [5, 5.41) is 0. The van der Waals surface area contributed by atoms with Crippen molar-refractivity contribution in [3.05, 3.63) is 41.6 Å². The van der Waals surface area contributed by atoms with Gasteiger partial charge in [0.1, 0.15) is 5.60 Å². The third-order valence-corrected chi connectivity index (χ3v) is 3.16. The molecule has 3 heteroatoms. The normalized spacial score (nSPS) is 18.1. The summed E-state index contributed by atoms with van der Waals surface area (Å²) in [7, 11) is 0. The lowest BCUT2D eigenvalue weighted by molar-refractivity contribution is 0.0289. The van der Waals surface area contributed by atoms with Gasteiger partial charge in [-0.05, 0) is 51.7 Å². The van der Waals surface area contributed by atoms with E-state index >= 15 is 0 Å². The van der Waals surface area contributed by atoms with Gasteiger partial charge in [-0.2, -0.15) is 0 Å². The lowest BCUT2D eigenvalue weighted by Crippen LogP contribution is -2.38. The molecule has 1 heterocycles. The smallest absolute Gasteiger partial charge is 0.414 e. The zero-order valence-electron chi connectivity index (χ0n) is 12.6. The van der Waals surface area contributed by atoms with Crippen molar-refractivity contribution in [2.45, 2.75) is 45.6 Å². The maximum absolute atomic E-state index is 12.3. The zero-order valence-corrected chi connectivity index (χ0v) is 12.6. The minimum Gasteiger partial charge on any atom is -0.443 e. The van der Waals surface area contributed by atoms with Gasteiger partial charge in [0.2, 0.25) is 0 Å². The summed E-state index contributed by atoms with van der Waals surface area (Å²) in [6.07, 6.45) is 4.93. The van der Waals surface area contributed by atoms with Gasteiger partial charge in [-0.25, -0.2) is 4.79 Å². The highest BCUT2D eigenvalue weighted by Crippen LogP contribution is 2.25. The number of hydrogen-bond acceptors (Lipinski definition) is 2. The Morgan fingerprint density at radius 1 is 1.20 bits per heavy atom. The van der Waals surface area contributed by atoms with E-state index in [1.807, 2.05) is 39.0 Å². The van der Waals surface area contributed by atoms with E-state index in [9.17, 15) is 4.79 Å². The average Bonchev–Trinajstić information content (AvgIpc) is 2.38. The van der Waals surface area contributed by atoms with Gasteiger partial charge in [0.05, 0.1) is 0 Å². The summed E-state index contributed by atoms with van der Waals surface area (Å²) in [4.78, 5) is 14.1. The number of carbonyl (C=O) groups is 1. The number of carbonyl (C=O) groups excluding carboxylic acids is 1. The predicted octanol–water partition coefficient (Wildman–Crippen LogP) is 4.45. The molecule has 1 fully saturated rings. The van der Waals surface area contributed by atoms with E-state index < -0.39 is 5.60 Å². The quantitative estimate of drug-likeness (QED) is 0.756. The van der Waals surface area contributed by atoms with Crippen molar-refractivity contribution >= 4 is 12.2 Å². The molecule has 2 rings (SSSR count). The van der Waals surface area contributed by atoms with Gasteiger partial charge in [-0.15, -0.1) is 0 Å². The first-order valence-electron chi connectivity index (χ1n) is 7.22. The molecule has 0 radical (unpaired) electrons. The van der Waals surface area contributed by atoms with Crippen LogP contribution in [0.2, 0.25) is 0 Å². The molecule has 1 aliphatic heterocycles. The third-order valence-electron chi connectivity index (χ3n) is 3.16. The Morgan fingerprint density at radius 2 is 1.90 bits per heavy atom. The van der Waals surface area contributed by atoms with Crippen LogP contribution in [0.25, 0.3) is 6.08 Å². The third kappa shape index (κ3) is 4.12. The van der Waals surface area contributed by atoms with Gasteiger partial charge in [0.25, 0.3) is 0 Å². The minimum atomic E-state index is -0.452. The van der Waals surface area contributed by atoms with E-state index in [0.717, 1.165) is 37.1 Å². The summed E-state index contributed by atoms with van der Waals surface area (Å²) in [5.41, 5.74) is 1.72. The van der Waals surface area contributed by atoms with Crippen LogP contribution < -0.4 is 0 Å². The van der Waals surface area contributed by atoms with Crippen LogP contribution in [0.5, 0.6) is 0 Å². The van der Waals surface area contributed by atoms with Crippen LogP contribution in [-0.2, 0) is 4.74 Å². The number of ether oxygens (including phenoxy) is 1. The molecule has 1 aromatic carbocycles. The average molecular weight is 273 g/mol. The van der Waals surface area contributed by atoms with Crippen molar-refractivity contribution in [3.63, 3.8) is 0 Å². The molecule has 20 heavy (non-hydrogen) atoms. The summed E-state index contributed by atoms with van der Waals surface area (Å²) in [5.74, 6) is 0. The molecule has 0 unspecified atom stereocenters. The highest BCUT2D eigenvalue weighted by molar-refractivity contribution is 5.72. The summed E-state index contributed by atoms with van der Waals surface area (Å²) in [6, 6.07) is 10.1. The summed E-state index contributed by atoms with van der Waals surface area (Å²) >= 11 is 0. The van der Waals surface area contributed by atoms with Crippen LogP contribution in [0.1, 0.15) is 45.6 Å². The number of nitrogens with zero attached hydrogens (tertiary/aromatic N) is 1. The van der Waals surface area contributed by atoms with Crippen molar-refractivity contribution < 1.29 is 9.53 Å². The van der Waals surface area contributed by atoms with Gasteiger partial charge >= 0.3 is 6.09 Å². The summed E-state index contributed by atoms with van der Waals surface area (Å²) < 4.78 is 5.49.